The SMILES string of the molecule is CN(Cc1coc(-c2cccs2)n1)CC1CCCCC1O. The molecule has 0 aliphatic heterocycles. The summed E-state index contributed by atoms with van der Waals surface area (Å²) in [7, 11) is 2.08. The van der Waals surface area contributed by atoms with Crippen molar-refractivity contribution >= 4 is 11.3 Å². The largest absolute Gasteiger partial charge is 0.444 e. The average molecular weight is 306 g/mol. The van der Waals surface area contributed by atoms with Crippen LogP contribution in [0, 0.1) is 5.92 Å². The minimum Gasteiger partial charge on any atom is -0.444 e. The third kappa shape index (κ3) is 3.73. The molecule has 0 amide bonds. The molecule has 2 heterocycles. The van der Waals surface area contributed by atoms with E-state index in [4.69, 9.17) is 4.42 Å². The van der Waals surface area contributed by atoms with Crippen LogP contribution in [0.25, 0.3) is 10.8 Å². The summed E-state index contributed by atoms with van der Waals surface area (Å²) in [4.78, 5) is 7.84. The fourth-order valence-corrected chi connectivity index (χ4v) is 3.69. The van der Waals surface area contributed by atoms with Crippen molar-refractivity contribution in [3.8, 4) is 10.8 Å². The molecule has 21 heavy (non-hydrogen) atoms. The Kier molecular flexibility index (Phi) is 4.73. The number of nitrogens with zero attached hydrogens (tertiary/aromatic N) is 2. The van der Waals surface area contributed by atoms with Crippen LogP contribution in [0.3, 0.4) is 0 Å². The Bertz CT molecular complexity index is 552. The van der Waals surface area contributed by atoms with E-state index in [1.807, 2.05) is 17.5 Å². The van der Waals surface area contributed by atoms with E-state index in [9.17, 15) is 5.11 Å². The molecule has 2 aromatic rings. The van der Waals surface area contributed by atoms with E-state index in [2.05, 4.69) is 16.9 Å². The first-order valence-corrected chi connectivity index (χ1v) is 8.45. The summed E-state index contributed by atoms with van der Waals surface area (Å²) in [5.41, 5.74) is 0.950. The molecule has 0 saturated heterocycles. The monoisotopic (exact) mass is 306 g/mol. The minimum absolute atomic E-state index is 0.139. The van der Waals surface area contributed by atoms with Crippen LogP contribution in [-0.4, -0.2) is 34.7 Å². The van der Waals surface area contributed by atoms with Crippen molar-refractivity contribution in [2.45, 2.75) is 38.3 Å². The molecule has 1 aliphatic rings. The molecule has 5 heteroatoms. The van der Waals surface area contributed by atoms with E-state index in [1.165, 1.54) is 6.42 Å². The Morgan fingerprint density at radius 3 is 3.05 bits per heavy atom. The van der Waals surface area contributed by atoms with Crippen LogP contribution in [0.15, 0.2) is 28.2 Å². The minimum atomic E-state index is -0.139. The van der Waals surface area contributed by atoms with Gasteiger partial charge in [-0.2, -0.15) is 0 Å². The molecular formula is C16H22N2O2S. The van der Waals surface area contributed by atoms with E-state index >= 15 is 0 Å². The van der Waals surface area contributed by atoms with Gasteiger partial charge in [-0.05, 0) is 37.3 Å². The van der Waals surface area contributed by atoms with Crippen molar-refractivity contribution in [1.82, 2.24) is 9.88 Å². The van der Waals surface area contributed by atoms with Gasteiger partial charge in [0.25, 0.3) is 0 Å². The number of aromatic nitrogens is 1. The van der Waals surface area contributed by atoms with Crippen LogP contribution in [0.2, 0.25) is 0 Å². The standard InChI is InChI=1S/C16H22N2O2S/c1-18(9-12-5-2-3-6-14(12)19)10-13-11-20-16(17-13)15-7-4-8-21-15/h4,7-8,11-12,14,19H,2-3,5-6,9-10H2,1H3. The van der Waals surface area contributed by atoms with Gasteiger partial charge in [-0.15, -0.1) is 11.3 Å². The summed E-state index contributed by atoms with van der Waals surface area (Å²) < 4.78 is 5.54. The lowest BCUT2D eigenvalue weighted by atomic mass is 9.86. The van der Waals surface area contributed by atoms with Crippen LogP contribution in [0.5, 0.6) is 0 Å². The first kappa shape index (κ1) is 14.8. The molecule has 1 saturated carbocycles. The Morgan fingerprint density at radius 2 is 2.29 bits per heavy atom. The maximum absolute atomic E-state index is 10.1. The van der Waals surface area contributed by atoms with Crippen LogP contribution in [0.1, 0.15) is 31.4 Å². The Labute approximate surface area is 129 Å². The van der Waals surface area contributed by atoms with Crippen molar-refractivity contribution in [3.05, 3.63) is 29.5 Å². The number of hydrogen-bond acceptors (Lipinski definition) is 5. The molecule has 114 valence electrons. The number of thiophene rings is 1. The van der Waals surface area contributed by atoms with Gasteiger partial charge >= 0.3 is 0 Å². The Hall–Kier alpha value is -1.17. The quantitative estimate of drug-likeness (QED) is 0.920. The Balaban J connectivity index is 1.56. The smallest absolute Gasteiger partial charge is 0.236 e. The van der Waals surface area contributed by atoms with Crippen molar-refractivity contribution in [1.29, 1.82) is 0 Å². The highest BCUT2D eigenvalue weighted by Crippen LogP contribution is 2.26. The van der Waals surface area contributed by atoms with Crippen LogP contribution in [-0.2, 0) is 6.54 Å². The van der Waals surface area contributed by atoms with Gasteiger partial charge in [-0.3, -0.25) is 0 Å². The van der Waals surface area contributed by atoms with Gasteiger partial charge in [-0.1, -0.05) is 18.9 Å². The van der Waals surface area contributed by atoms with Gasteiger partial charge in [-0.25, -0.2) is 4.98 Å². The molecule has 0 bridgehead atoms. The molecule has 3 rings (SSSR count). The predicted octanol–water partition coefficient (Wildman–Crippen LogP) is 3.39. The summed E-state index contributed by atoms with van der Waals surface area (Å²) >= 11 is 1.63. The van der Waals surface area contributed by atoms with Crippen LogP contribution < -0.4 is 0 Å². The van der Waals surface area contributed by atoms with Crippen molar-refractivity contribution in [2.75, 3.05) is 13.6 Å². The predicted molar refractivity (Wildman–Crippen MR) is 84.1 cm³/mol. The lowest BCUT2D eigenvalue weighted by molar-refractivity contribution is 0.0500. The van der Waals surface area contributed by atoms with Gasteiger partial charge in [0.05, 0.1) is 16.7 Å². The molecule has 1 fully saturated rings. The lowest BCUT2D eigenvalue weighted by Gasteiger charge is -2.30. The van der Waals surface area contributed by atoms with Crippen molar-refractivity contribution in [3.63, 3.8) is 0 Å². The summed E-state index contributed by atoms with van der Waals surface area (Å²) in [5.74, 6) is 1.10. The second kappa shape index (κ2) is 6.73. The van der Waals surface area contributed by atoms with E-state index in [0.717, 1.165) is 42.9 Å². The first-order valence-electron chi connectivity index (χ1n) is 7.57. The second-order valence-corrected chi connectivity index (χ2v) is 6.88. The molecule has 1 aliphatic carbocycles. The van der Waals surface area contributed by atoms with E-state index in [1.54, 1.807) is 17.6 Å². The molecule has 2 aromatic heterocycles. The third-order valence-electron chi connectivity index (χ3n) is 4.13. The molecule has 1 N–H and O–H groups in total. The number of hydrogen-bond donors (Lipinski definition) is 1. The topological polar surface area (TPSA) is 49.5 Å². The third-order valence-corrected chi connectivity index (χ3v) is 4.99. The average Bonchev–Trinajstić information content (AvgIpc) is 3.12. The van der Waals surface area contributed by atoms with E-state index < -0.39 is 0 Å². The van der Waals surface area contributed by atoms with E-state index in [0.29, 0.717) is 11.8 Å². The molecule has 2 unspecified atom stereocenters. The zero-order valence-corrected chi connectivity index (χ0v) is 13.2. The van der Waals surface area contributed by atoms with Gasteiger partial charge in [0, 0.05) is 13.1 Å². The molecule has 2 atom stereocenters. The number of rotatable bonds is 5. The number of aliphatic hydroxyl groups is 1. The summed E-state index contributed by atoms with van der Waals surface area (Å²) in [6.45, 7) is 1.68. The summed E-state index contributed by atoms with van der Waals surface area (Å²) in [6.07, 6.45) is 6.08. The van der Waals surface area contributed by atoms with Gasteiger partial charge in [0.1, 0.15) is 6.26 Å². The summed E-state index contributed by atoms with van der Waals surface area (Å²) in [6, 6.07) is 4.02. The molecule has 0 radical (unpaired) electrons. The highest BCUT2D eigenvalue weighted by Gasteiger charge is 2.24. The molecule has 4 nitrogen and oxygen atoms in total. The number of oxazole rings is 1. The van der Waals surface area contributed by atoms with Gasteiger partial charge in [0.2, 0.25) is 5.89 Å². The highest BCUT2D eigenvalue weighted by molar-refractivity contribution is 7.13. The highest BCUT2D eigenvalue weighted by atomic mass is 32.1. The second-order valence-electron chi connectivity index (χ2n) is 5.93. The first-order chi connectivity index (χ1) is 10.2. The zero-order chi connectivity index (χ0) is 14.7. The fourth-order valence-electron chi connectivity index (χ4n) is 3.04. The van der Waals surface area contributed by atoms with Crippen LogP contribution in [0.4, 0.5) is 0 Å². The summed E-state index contributed by atoms with van der Waals surface area (Å²) in [5, 5.41) is 12.1. The molecular weight excluding hydrogens is 284 g/mol. The van der Waals surface area contributed by atoms with Crippen molar-refractivity contribution < 1.29 is 9.52 Å². The molecule has 0 spiro atoms. The fraction of sp³-hybridized carbons (Fsp3) is 0.562. The van der Waals surface area contributed by atoms with Gasteiger partial charge < -0.3 is 14.4 Å². The van der Waals surface area contributed by atoms with Crippen molar-refractivity contribution in [2.24, 2.45) is 5.92 Å². The zero-order valence-electron chi connectivity index (χ0n) is 12.4. The maximum atomic E-state index is 10.1. The van der Waals surface area contributed by atoms with Crippen LogP contribution >= 0.6 is 11.3 Å². The Morgan fingerprint density at radius 1 is 1.43 bits per heavy atom. The maximum Gasteiger partial charge on any atom is 0.236 e. The normalized spacial score (nSPS) is 22.8. The number of aliphatic hydroxyl groups excluding tert-OH is 1. The van der Waals surface area contributed by atoms with Gasteiger partial charge in [0.15, 0.2) is 0 Å². The molecule has 0 aromatic carbocycles. The lowest BCUT2D eigenvalue weighted by Crippen LogP contribution is -2.34. The van der Waals surface area contributed by atoms with E-state index in [-0.39, 0.29) is 6.10 Å².